The second-order valence-corrected chi connectivity index (χ2v) is 8.85. The molecule has 0 aliphatic carbocycles. The summed E-state index contributed by atoms with van der Waals surface area (Å²) < 4.78 is 29.5. The first-order chi connectivity index (χ1) is 13.4. The summed E-state index contributed by atoms with van der Waals surface area (Å²) in [6.45, 7) is 8.47. The largest absolute Gasteiger partial charge is 0.646 e. The second-order valence-electron chi connectivity index (χ2n) is 7.38. The average Bonchev–Trinajstić information content (AvgIpc) is 2.68. The molecule has 1 unspecified atom stereocenters. The molecular formula is C23H31O4P. The van der Waals surface area contributed by atoms with Crippen LogP contribution in [0.5, 0.6) is 11.5 Å². The summed E-state index contributed by atoms with van der Waals surface area (Å²) in [6.07, 6.45) is 7.74. The van der Waals surface area contributed by atoms with Crippen LogP contribution < -0.4 is 9.05 Å². The maximum atomic E-state index is 13.0. The molecule has 0 N–H and O–H groups in total. The lowest BCUT2D eigenvalue weighted by Gasteiger charge is -2.25. The molecule has 4 nitrogen and oxygen atoms in total. The molecule has 0 aromatic heterocycles. The van der Waals surface area contributed by atoms with Gasteiger partial charge in [-0.15, -0.1) is 0 Å². The Balaban J connectivity index is 2.12. The minimum absolute atomic E-state index is 0.0827. The minimum atomic E-state index is -3.84. The average molecular weight is 402 g/mol. The SMILES string of the molecule is CC=COP(=O)(Oc1ccccc1)Oc1ccc(C(C)(C)CCCCC)cc1. The van der Waals surface area contributed by atoms with Gasteiger partial charge in [0.25, 0.3) is 0 Å². The van der Waals surface area contributed by atoms with Crippen LogP contribution in [-0.4, -0.2) is 0 Å². The fourth-order valence-electron chi connectivity index (χ4n) is 2.86. The topological polar surface area (TPSA) is 44.8 Å². The van der Waals surface area contributed by atoms with E-state index in [2.05, 4.69) is 20.8 Å². The Hall–Kier alpha value is -2.19. The number of allylic oxidation sites excluding steroid dienone is 1. The van der Waals surface area contributed by atoms with E-state index in [4.69, 9.17) is 13.6 Å². The van der Waals surface area contributed by atoms with Gasteiger partial charge in [-0.1, -0.05) is 76.4 Å². The van der Waals surface area contributed by atoms with E-state index in [1.165, 1.54) is 31.1 Å². The highest BCUT2D eigenvalue weighted by Crippen LogP contribution is 2.50. The van der Waals surface area contributed by atoms with Gasteiger partial charge < -0.3 is 13.6 Å². The zero-order chi connectivity index (χ0) is 20.5. The Bertz CT molecular complexity index is 782. The lowest BCUT2D eigenvalue weighted by molar-refractivity contribution is 0.273. The van der Waals surface area contributed by atoms with Crippen molar-refractivity contribution in [2.24, 2.45) is 0 Å². The maximum absolute atomic E-state index is 13.0. The summed E-state index contributed by atoms with van der Waals surface area (Å²) in [4.78, 5) is 0. The summed E-state index contributed by atoms with van der Waals surface area (Å²) in [5, 5.41) is 0. The summed E-state index contributed by atoms with van der Waals surface area (Å²) in [5.74, 6) is 0.862. The number of rotatable bonds is 11. The zero-order valence-corrected chi connectivity index (χ0v) is 18.2. The van der Waals surface area contributed by atoms with Crippen molar-refractivity contribution in [3.05, 3.63) is 72.5 Å². The normalized spacial score (nSPS) is 13.9. The summed E-state index contributed by atoms with van der Waals surface area (Å²) in [7, 11) is -3.84. The number of phosphoric acid groups is 1. The van der Waals surface area contributed by atoms with E-state index in [9.17, 15) is 4.57 Å². The van der Waals surface area contributed by atoms with E-state index < -0.39 is 7.82 Å². The molecule has 1 atom stereocenters. The van der Waals surface area contributed by atoms with Crippen molar-refractivity contribution in [1.29, 1.82) is 0 Å². The quantitative estimate of drug-likeness (QED) is 0.220. The Labute approximate surface area is 169 Å². The Morgan fingerprint density at radius 1 is 0.929 bits per heavy atom. The first-order valence-corrected chi connectivity index (χ1v) is 11.3. The van der Waals surface area contributed by atoms with Crippen LogP contribution in [0.2, 0.25) is 0 Å². The van der Waals surface area contributed by atoms with E-state index in [-0.39, 0.29) is 5.41 Å². The molecule has 0 radical (unpaired) electrons. The summed E-state index contributed by atoms with van der Waals surface area (Å²) in [6, 6.07) is 16.5. The van der Waals surface area contributed by atoms with Gasteiger partial charge in [-0.25, -0.2) is 0 Å². The van der Waals surface area contributed by atoms with Crippen LogP contribution in [0.3, 0.4) is 0 Å². The van der Waals surface area contributed by atoms with Crippen molar-refractivity contribution in [2.45, 2.75) is 58.8 Å². The van der Waals surface area contributed by atoms with Gasteiger partial charge in [-0.2, -0.15) is 4.57 Å². The third kappa shape index (κ3) is 6.76. The number of hydrogen-bond donors (Lipinski definition) is 0. The molecule has 0 saturated carbocycles. The van der Waals surface area contributed by atoms with Gasteiger partial charge in [0.05, 0.1) is 6.26 Å². The number of hydrogen-bond acceptors (Lipinski definition) is 4. The highest BCUT2D eigenvalue weighted by Gasteiger charge is 2.31. The number of benzene rings is 2. The van der Waals surface area contributed by atoms with E-state index in [0.29, 0.717) is 11.5 Å². The van der Waals surface area contributed by atoms with Gasteiger partial charge >= 0.3 is 7.82 Å². The third-order valence-electron chi connectivity index (χ3n) is 4.54. The first-order valence-electron chi connectivity index (χ1n) is 9.83. The van der Waals surface area contributed by atoms with Gasteiger partial charge in [0, 0.05) is 0 Å². The van der Waals surface area contributed by atoms with Crippen molar-refractivity contribution < 1.29 is 18.1 Å². The highest BCUT2D eigenvalue weighted by atomic mass is 31.2. The fourth-order valence-corrected chi connectivity index (χ4v) is 4.02. The van der Waals surface area contributed by atoms with Crippen molar-refractivity contribution in [3.63, 3.8) is 0 Å². The second kappa shape index (κ2) is 10.4. The van der Waals surface area contributed by atoms with Crippen molar-refractivity contribution in [3.8, 4) is 11.5 Å². The van der Waals surface area contributed by atoms with E-state index in [0.717, 1.165) is 6.42 Å². The third-order valence-corrected chi connectivity index (χ3v) is 5.79. The number of phosphoric ester groups is 1. The molecule has 0 bridgehead atoms. The Kier molecular flexibility index (Phi) is 8.19. The smallest absolute Gasteiger partial charge is 0.394 e. The molecule has 2 aromatic carbocycles. The van der Waals surface area contributed by atoms with Gasteiger partial charge in [0.1, 0.15) is 11.5 Å². The molecule has 152 valence electrons. The molecule has 0 aliphatic rings. The van der Waals surface area contributed by atoms with E-state index in [1.807, 2.05) is 30.3 Å². The summed E-state index contributed by atoms with van der Waals surface area (Å²) in [5.41, 5.74) is 1.31. The summed E-state index contributed by atoms with van der Waals surface area (Å²) >= 11 is 0. The van der Waals surface area contributed by atoms with Crippen LogP contribution in [0.25, 0.3) is 0 Å². The lowest BCUT2D eigenvalue weighted by Crippen LogP contribution is -2.16. The standard InChI is InChI=1S/C23H31O4P/c1-5-7-11-18-23(3,4)20-14-16-22(17-15-20)27-28(24,25-19-6-2)26-21-12-9-8-10-13-21/h6,8-10,12-17,19H,5,7,11,18H2,1-4H3. The highest BCUT2D eigenvalue weighted by molar-refractivity contribution is 7.49. The zero-order valence-electron chi connectivity index (χ0n) is 17.3. The molecule has 0 fully saturated rings. The molecule has 5 heteroatoms. The number of unbranched alkanes of at least 4 members (excludes halogenated alkanes) is 2. The fraction of sp³-hybridized carbons (Fsp3) is 0.391. The molecule has 0 spiro atoms. The van der Waals surface area contributed by atoms with Gasteiger partial charge in [-0.05, 0) is 48.6 Å². The predicted molar refractivity (Wildman–Crippen MR) is 115 cm³/mol. The van der Waals surface area contributed by atoms with Crippen molar-refractivity contribution in [1.82, 2.24) is 0 Å². The van der Waals surface area contributed by atoms with Crippen LogP contribution >= 0.6 is 7.82 Å². The van der Waals surface area contributed by atoms with Crippen molar-refractivity contribution in [2.75, 3.05) is 0 Å². The molecule has 0 aliphatic heterocycles. The van der Waals surface area contributed by atoms with Gasteiger partial charge in [0.15, 0.2) is 0 Å². The molecule has 28 heavy (non-hydrogen) atoms. The Morgan fingerprint density at radius 3 is 2.11 bits per heavy atom. The van der Waals surface area contributed by atoms with Crippen LogP contribution in [-0.2, 0) is 14.5 Å². The molecule has 0 amide bonds. The van der Waals surface area contributed by atoms with Crippen LogP contribution in [0.15, 0.2) is 66.9 Å². The van der Waals surface area contributed by atoms with Crippen LogP contribution in [0, 0.1) is 0 Å². The van der Waals surface area contributed by atoms with Crippen LogP contribution in [0.1, 0.15) is 58.9 Å². The monoisotopic (exact) mass is 402 g/mol. The lowest BCUT2D eigenvalue weighted by atomic mass is 9.80. The van der Waals surface area contributed by atoms with Gasteiger partial charge in [-0.3, -0.25) is 0 Å². The van der Waals surface area contributed by atoms with Crippen molar-refractivity contribution >= 4 is 7.82 Å². The Morgan fingerprint density at radius 2 is 1.54 bits per heavy atom. The number of para-hydroxylation sites is 1. The molecule has 0 saturated heterocycles. The van der Waals surface area contributed by atoms with E-state index >= 15 is 0 Å². The van der Waals surface area contributed by atoms with Gasteiger partial charge in [0.2, 0.25) is 0 Å². The molecule has 0 heterocycles. The van der Waals surface area contributed by atoms with Crippen LogP contribution in [0.4, 0.5) is 0 Å². The predicted octanol–water partition coefficient (Wildman–Crippen LogP) is 7.66. The molecule has 2 rings (SSSR count). The minimum Gasteiger partial charge on any atom is -0.394 e. The maximum Gasteiger partial charge on any atom is 0.646 e. The molecular weight excluding hydrogens is 371 g/mol. The van der Waals surface area contributed by atoms with E-state index in [1.54, 1.807) is 37.3 Å². The first kappa shape index (κ1) is 22.1. The molecule has 2 aromatic rings.